The van der Waals surface area contributed by atoms with Crippen molar-refractivity contribution in [3.8, 4) is 0 Å². The fourth-order valence-electron chi connectivity index (χ4n) is 1.32. The van der Waals surface area contributed by atoms with E-state index in [0.29, 0.717) is 11.7 Å². The molecule has 0 bridgehead atoms. The Morgan fingerprint density at radius 3 is 3.00 bits per heavy atom. The number of carbonyl (C=O) groups excluding carboxylic acids is 2. The van der Waals surface area contributed by atoms with E-state index < -0.39 is 0 Å². The summed E-state index contributed by atoms with van der Waals surface area (Å²) in [6, 6.07) is 0. The van der Waals surface area contributed by atoms with Crippen LogP contribution in [0, 0.1) is 6.92 Å². The zero-order valence-corrected chi connectivity index (χ0v) is 8.19. The molecule has 0 aromatic carbocycles. The van der Waals surface area contributed by atoms with Crippen LogP contribution in [0.5, 0.6) is 0 Å². The Morgan fingerprint density at radius 2 is 2.33 bits per heavy atom. The standard InChI is InChI=1S/C8H10N4O3/c1-5-10-6(11-15-5)3-12-4-7(13)9-2-8(12)14/h2-4H2,1H3,(H,9,13). The van der Waals surface area contributed by atoms with Crippen molar-refractivity contribution in [2.45, 2.75) is 13.5 Å². The quantitative estimate of drug-likeness (QED) is 0.665. The van der Waals surface area contributed by atoms with Gasteiger partial charge in [0, 0.05) is 6.92 Å². The molecule has 0 aliphatic carbocycles. The van der Waals surface area contributed by atoms with Crippen LogP contribution in [0.15, 0.2) is 4.52 Å². The Balaban J connectivity index is 2.04. The van der Waals surface area contributed by atoms with Gasteiger partial charge in [-0.05, 0) is 0 Å². The molecule has 0 atom stereocenters. The first-order valence-corrected chi connectivity index (χ1v) is 4.49. The minimum atomic E-state index is -0.171. The summed E-state index contributed by atoms with van der Waals surface area (Å²) in [7, 11) is 0. The van der Waals surface area contributed by atoms with Crippen LogP contribution < -0.4 is 5.32 Å². The van der Waals surface area contributed by atoms with Gasteiger partial charge in [-0.3, -0.25) is 9.59 Å². The molecule has 1 aromatic rings. The first kappa shape index (κ1) is 9.63. The van der Waals surface area contributed by atoms with E-state index >= 15 is 0 Å². The minimum absolute atomic E-state index is 0.0374. The Kier molecular flexibility index (Phi) is 2.36. The molecule has 2 heterocycles. The molecule has 1 fully saturated rings. The van der Waals surface area contributed by atoms with Gasteiger partial charge >= 0.3 is 0 Å². The van der Waals surface area contributed by atoms with Crippen molar-refractivity contribution in [2.75, 3.05) is 13.1 Å². The molecular weight excluding hydrogens is 200 g/mol. The lowest BCUT2D eigenvalue weighted by Gasteiger charge is -2.25. The molecule has 80 valence electrons. The van der Waals surface area contributed by atoms with Crippen LogP contribution in [0.2, 0.25) is 0 Å². The maximum atomic E-state index is 11.4. The first-order valence-electron chi connectivity index (χ1n) is 4.49. The molecule has 0 spiro atoms. The third-order valence-electron chi connectivity index (χ3n) is 2.03. The molecule has 1 saturated heterocycles. The highest BCUT2D eigenvalue weighted by Crippen LogP contribution is 2.03. The number of hydrogen-bond acceptors (Lipinski definition) is 5. The summed E-state index contributed by atoms with van der Waals surface area (Å²) in [5.41, 5.74) is 0. The summed E-state index contributed by atoms with van der Waals surface area (Å²) in [4.78, 5) is 27.8. The molecule has 0 unspecified atom stereocenters. The molecule has 7 heteroatoms. The monoisotopic (exact) mass is 210 g/mol. The van der Waals surface area contributed by atoms with Gasteiger partial charge < -0.3 is 14.7 Å². The van der Waals surface area contributed by atoms with Crippen molar-refractivity contribution in [1.82, 2.24) is 20.4 Å². The third-order valence-corrected chi connectivity index (χ3v) is 2.03. The van der Waals surface area contributed by atoms with Crippen LogP contribution in [-0.2, 0) is 16.1 Å². The fraction of sp³-hybridized carbons (Fsp3) is 0.500. The fourth-order valence-corrected chi connectivity index (χ4v) is 1.32. The van der Waals surface area contributed by atoms with Gasteiger partial charge in [0.1, 0.15) is 6.54 Å². The van der Waals surface area contributed by atoms with Gasteiger partial charge in [-0.1, -0.05) is 5.16 Å². The number of nitrogens with zero attached hydrogens (tertiary/aromatic N) is 3. The topological polar surface area (TPSA) is 88.3 Å². The van der Waals surface area contributed by atoms with Gasteiger partial charge in [0.05, 0.1) is 13.1 Å². The van der Waals surface area contributed by atoms with E-state index in [-0.39, 0.29) is 31.4 Å². The van der Waals surface area contributed by atoms with Crippen LogP contribution in [0.1, 0.15) is 11.7 Å². The molecule has 15 heavy (non-hydrogen) atoms. The average Bonchev–Trinajstić information content (AvgIpc) is 2.58. The lowest BCUT2D eigenvalue weighted by atomic mass is 10.3. The summed E-state index contributed by atoms with van der Waals surface area (Å²) in [6.45, 7) is 1.97. The first-order chi connectivity index (χ1) is 7.15. The van der Waals surface area contributed by atoms with Crippen molar-refractivity contribution in [2.24, 2.45) is 0 Å². The Morgan fingerprint density at radius 1 is 1.53 bits per heavy atom. The number of rotatable bonds is 2. The van der Waals surface area contributed by atoms with Crippen LogP contribution in [0.4, 0.5) is 0 Å². The Bertz CT molecular complexity index is 400. The normalized spacial score (nSPS) is 16.7. The average molecular weight is 210 g/mol. The van der Waals surface area contributed by atoms with Gasteiger partial charge in [0.25, 0.3) is 0 Å². The van der Waals surface area contributed by atoms with Crippen LogP contribution in [0.3, 0.4) is 0 Å². The number of nitrogens with one attached hydrogen (secondary N) is 1. The lowest BCUT2D eigenvalue weighted by Crippen LogP contribution is -2.51. The van der Waals surface area contributed by atoms with Crippen LogP contribution in [0.25, 0.3) is 0 Å². The lowest BCUT2D eigenvalue weighted by molar-refractivity contribution is -0.141. The number of aryl methyl sites for hydroxylation is 1. The summed E-state index contributed by atoms with van der Waals surface area (Å²) in [6.07, 6.45) is 0. The van der Waals surface area contributed by atoms with Gasteiger partial charge in [0.2, 0.25) is 17.7 Å². The van der Waals surface area contributed by atoms with E-state index in [4.69, 9.17) is 4.52 Å². The molecule has 1 N–H and O–H groups in total. The van der Waals surface area contributed by atoms with Gasteiger partial charge in [-0.15, -0.1) is 0 Å². The van der Waals surface area contributed by atoms with E-state index in [2.05, 4.69) is 15.5 Å². The summed E-state index contributed by atoms with van der Waals surface area (Å²) >= 11 is 0. The van der Waals surface area contributed by atoms with Crippen molar-refractivity contribution < 1.29 is 14.1 Å². The number of carbonyl (C=O) groups is 2. The second-order valence-electron chi connectivity index (χ2n) is 3.26. The van der Waals surface area contributed by atoms with E-state index in [0.717, 1.165) is 0 Å². The molecule has 7 nitrogen and oxygen atoms in total. The van der Waals surface area contributed by atoms with Crippen LogP contribution in [-0.4, -0.2) is 39.9 Å². The van der Waals surface area contributed by atoms with E-state index in [1.54, 1.807) is 6.92 Å². The predicted molar refractivity (Wildman–Crippen MR) is 47.5 cm³/mol. The summed E-state index contributed by atoms with van der Waals surface area (Å²) in [5.74, 6) is 0.543. The number of amides is 2. The zero-order chi connectivity index (χ0) is 10.8. The predicted octanol–water partition coefficient (Wildman–Crippen LogP) is -1.16. The van der Waals surface area contributed by atoms with E-state index in [1.807, 2.05) is 0 Å². The molecule has 2 rings (SSSR count). The molecule has 1 aliphatic heterocycles. The molecule has 0 saturated carbocycles. The smallest absolute Gasteiger partial charge is 0.242 e. The Hall–Kier alpha value is -1.92. The van der Waals surface area contributed by atoms with Crippen molar-refractivity contribution >= 4 is 11.8 Å². The highest BCUT2D eigenvalue weighted by atomic mass is 16.5. The highest BCUT2D eigenvalue weighted by Gasteiger charge is 2.24. The van der Waals surface area contributed by atoms with Gasteiger partial charge in [-0.25, -0.2) is 0 Å². The maximum Gasteiger partial charge on any atom is 0.242 e. The zero-order valence-electron chi connectivity index (χ0n) is 8.19. The van der Waals surface area contributed by atoms with Crippen LogP contribution >= 0.6 is 0 Å². The highest BCUT2D eigenvalue weighted by molar-refractivity contribution is 5.92. The third kappa shape index (κ3) is 2.12. The summed E-state index contributed by atoms with van der Waals surface area (Å²) < 4.78 is 4.77. The van der Waals surface area contributed by atoms with Gasteiger partial charge in [0.15, 0.2) is 5.82 Å². The molecule has 0 radical (unpaired) electrons. The second kappa shape index (κ2) is 3.68. The molecular formula is C8H10N4O3. The van der Waals surface area contributed by atoms with Gasteiger partial charge in [-0.2, -0.15) is 4.98 Å². The van der Waals surface area contributed by atoms with E-state index in [1.165, 1.54) is 4.90 Å². The number of piperazine rings is 1. The number of aromatic nitrogens is 2. The van der Waals surface area contributed by atoms with Crippen molar-refractivity contribution in [3.63, 3.8) is 0 Å². The molecule has 1 aromatic heterocycles. The minimum Gasteiger partial charge on any atom is -0.345 e. The molecule has 2 amide bonds. The van der Waals surface area contributed by atoms with Crippen molar-refractivity contribution in [3.05, 3.63) is 11.7 Å². The maximum absolute atomic E-state index is 11.4. The summed E-state index contributed by atoms with van der Waals surface area (Å²) in [5, 5.41) is 6.12. The second-order valence-corrected chi connectivity index (χ2v) is 3.26. The Labute approximate surface area is 85.4 Å². The van der Waals surface area contributed by atoms with E-state index in [9.17, 15) is 9.59 Å². The molecule has 1 aliphatic rings. The van der Waals surface area contributed by atoms with Crippen molar-refractivity contribution in [1.29, 1.82) is 0 Å². The number of hydrogen-bond donors (Lipinski definition) is 1. The SMILES string of the molecule is Cc1nc(CN2CC(=O)NCC2=O)no1. The largest absolute Gasteiger partial charge is 0.345 e.